The van der Waals surface area contributed by atoms with Gasteiger partial charge >= 0.3 is 5.97 Å². The van der Waals surface area contributed by atoms with Crippen molar-refractivity contribution in [3.63, 3.8) is 0 Å². The van der Waals surface area contributed by atoms with Gasteiger partial charge in [-0.3, -0.25) is 4.79 Å². The van der Waals surface area contributed by atoms with Gasteiger partial charge in [-0.2, -0.15) is 0 Å². The van der Waals surface area contributed by atoms with Gasteiger partial charge in [0.2, 0.25) is 0 Å². The van der Waals surface area contributed by atoms with Crippen molar-refractivity contribution < 1.29 is 9.53 Å². The summed E-state index contributed by atoms with van der Waals surface area (Å²) in [6.45, 7) is 0. The van der Waals surface area contributed by atoms with Crippen molar-refractivity contribution in [2.45, 2.75) is 51.0 Å². The maximum absolute atomic E-state index is 11.2. The van der Waals surface area contributed by atoms with E-state index in [-0.39, 0.29) is 5.97 Å². The lowest BCUT2D eigenvalue weighted by molar-refractivity contribution is -0.141. The normalized spacial score (nSPS) is 20.7. The van der Waals surface area contributed by atoms with E-state index in [4.69, 9.17) is 4.74 Å². The van der Waals surface area contributed by atoms with Crippen LogP contribution in [0.3, 0.4) is 0 Å². The monoisotopic (exact) mass is 213 g/mol. The van der Waals surface area contributed by atoms with Gasteiger partial charge in [-0.25, -0.2) is 0 Å². The Morgan fingerprint density at radius 1 is 1.33 bits per heavy atom. The summed E-state index contributed by atoms with van der Waals surface area (Å²) < 4.78 is 4.73. The smallest absolute Gasteiger partial charge is 0.307 e. The van der Waals surface area contributed by atoms with Gasteiger partial charge in [0.25, 0.3) is 0 Å². The molecule has 3 heteroatoms. The van der Waals surface area contributed by atoms with E-state index in [0.717, 1.165) is 0 Å². The molecule has 0 bridgehead atoms. The van der Waals surface area contributed by atoms with E-state index in [0.29, 0.717) is 18.4 Å². The maximum atomic E-state index is 11.2. The number of carbonyl (C=O) groups excluding carboxylic acids is 1. The molecule has 0 heterocycles. The van der Waals surface area contributed by atoms with E-state index in [9.17, 15) is 4.79 Å². The van der Waals surface area contributed by atoms with Crippen LogP contribution in [0.4, 0.5) is 0 Å². The minimum absolute atomic E-state index is 0.0985. The Morgan fingerprint density at radius 2 is 1.93 bits per heavy atom. The molecule has 0 aromatic carbocycles. The van der Waals surface area contributed by atoms with Crippen molar-refractivity contribution in [2.75, 3.05) is 14.2 Å². The quantitative estimate of drug-likeness (QED) is 0.574. The molecule has 1 aliphatic carbocycles. The molecule has 0 aromatic rings. The molecule has 0 aromatic heterocycles. The minimum Gasteiger partial charge on any atom is -0.469 e. The second-order valence-corrected chi connectivity index (χ2v) is 4.43. The molecule has 1 rings (SSSR count). The van der Waals surface area contributed by atoms with Gasteiger partial charge in [-0.15, -0.1) is 0 Å². The van der Waals surface area contributed by atoms with Gasteiger partial charge in [0, 0.05) is 6.04 Å². The Balaban J connectivity index is 2.44. The van der Waals surface area contributed by atoms with Crippen LogP contribution in [0.1, 0.15) is 44.9 Å². The highest BCUT2D eigenvalue weighted by Gasteiger charge is 2.23. The van der Waals surface area contributed by atoms with Gasteiger partial charge in [-0.05, 0) is 25.8 Å². The molecule has 1 aliphatic rings. The molecule has 88 valence electrons. The minimum atomic E-state index is -0.0985. The summed E-state index contributed by atoms with van der Waals surface area (Å²) in [7, 11) is 3.40. The molecule has 1 atom stereocenters. The zero-order valence-corrected chi connectivity index (χ0v) is 9.92. The Bertz CT molecular complexity index is 186. The number of rotatable bonds is 4. The molecular weight excluding hydrogens is 190 g/mol. The third-order valence-electron chi connectivity index (χ3n) is 3.45. The summed E-state index contributed by atoms with van der Waals surface area (Å²) in [4.78, 5) is 11.2. The SMILES string of the molecule is CNC(CC(=O)OC)C1CCCCCC1. The molecule has 0 spiro atoms. The molecule has 15 heavy (non-hydrogen) atoms. The number of hydrogen-bond donors (Lipinski definition) is 1. The van der Waals surface area contributed by atoms with Crippen LogP contribution in [0, 0.1) is 5.92 Å². The lowest BCUT2D eigenvalue weighted by atomic mass is 9.90. The van der Waals surface area contributed by atoms with E-state index in [1.54, 1.807) is 0 Å². The number of carbonyl (C=O) groups is 1. The average molecular weight is 213 g/mol. The van der Waals surface area contributed by atoms with Crippen LogP contribution in [0.25, 0.3) is 0 Å². The lowest BCUT2D eigenvalue weighted by Gasteiger charge is -2.24. The number of methoxy groups -OCH3 is 1. The standard InChI is InChI=1S/C12H23NO2/c1-13-11(9-12(14)15-2)10-7-5-3-4-6-8-10/h10-11,13H,3-9H2,1-2H3. The highest BCUT2D eigenvalue weighted by Crippen LogP contribution is 2.26. The number of ether oxygens (including phenoxy) is 1. The Morgan fingerprint density at radius 3 is 2.40 bits per heavy atom. The molecule has 0 saturated heterocycles. The highest BCUT2D eigenvalue weighted by molar-refractivity contribution is 5.69. The largest absolute Gasteiger partial charge is 0.469 e. The van der Waals surface area contributed by atoms with Crippen LogP contribution in [-0.2, 0) is 9.53 Å². The topological polar surface area (TPSA) is 38.3 Å². The fourth-order valence-electron chi connectivity index (χ4n) is 2.48. The fraction of sp³-hybridized carbons (Fsp3) is 0.917. The van der Waals surface area contributed by atoms with Crippen molar-refractivity contribution in [1.29, 1.82) is 0 Å². The number of nitrogens with one attached hydrogen (secondary N) is 1. The predicted molar refractivity (Wildman–Crippen MR) is 60.7 cm³/mol. The highest BCUT2D eigenvalue weighted by atomic mass is 16.5. The summed E-state index contributed by atoms with van der Waals surface area (Å²) in [6, 6.07) is 0.301. The summed E-state index contributed by atoms with van der Waals surface area (Å²) in [5.41, 5.74) is 0. The first-order valence-electron chi connectivity index (χ1n) is 6.02. The maximum Gasteiger partial charge on any atom is 0.307 e. The predicted octanol–water partition coefficient (Wildman–Crippen LogP) is 2.11. The van der Waals surface area contributed by atoms with E-state index in [1.165, 1.54) is 45.6 Å². The van der Waals surface area contributed by atoms with Crippen LogP contribution in [0.5, 0.6) is 0 Å². The average Bonchev–Trinajstić information content (AvgIpc) is 2.54. The van der Waals surface area contributed by atoms with Gasteiger partial charge in [-0.1, -0.05) is 25.7 Å². The van der Waals surface area contributed by atoms with Crippen molar-refractivity contribution in [3.05, 3.63) is 0 Å². The van der Waals surface area contributed by atoms with E-state index in [1.807, 2.05) is 7.05 Å². The van der Waals surface area contributed by atoms with Gasteiger partial charge in [0.1, 0.15) is 0 Å². The van der Waals surface area contributed by atoms with Gasteiger partial charge in [0.15, 0.2) is 0 Å². The second kappa shape index (κ2) is 6.83. The first-order valence-corrected chi connectivity index (χ1v) is 6.02. The third kappa shape index (κ3) is 4.20. The van der Waals surface area contributed by atoms with E-state index in [2.05, 4.69) is 5.32 Å². The zero-order chi connectivity index (χ0) is 11.1. The molecule has 0 aliphatic heterocycles. The van der Waals surface area contributed by atoms with Gasteiger partial charge < -0.3 is 10.1 Å². The molecule has 0 radical (unpaired) electrons. The van der Waals surface area contributed by atoms with Crippen LogP contribution in [-0.4, -0.2) is 26.2 Å². The lowest BCUT2D eigenvalue weighted by Crippen LogP contribution is -2.35. The number of esters is 1. The second-order valence-electron chi connectivity index (χ2n) is 4.43. The van der Waals surface area contributed by atoms with Crippen LogP contribution < -0.4 is 5.32 Å². The summed E-state index contributed by atoms with van der Waals surface area (Å²) in [6.07, 6.45) is 8.34. The molecule has 1 saturated carbocycles. The third-order valence-corrected chi connectivity index (χ3v) is 3.45. The van der Waals surface area contributed by atoms with Crippen molar-refractivity contribution in [1.82, 2.24) is 5.32 Å². The summed E-state index contributed by atoms with van der Waals surface area (Å²) in [5.74, 6) is 0.551. The number of hydrogen-bond acceptors (Lipinski definition) is 3. The molecular formula is C12H23NO2. The van der Waals surface area contributed by atoms with Crippen molar-refractivity contribution in [2.24, 2.45) is 5.92 Å². The molecule has 3 nitrogen and oxygen atoms in total. The first-order chi connectivity index (χ1) is 7.27. The molecule has 1 unspecified atom stereocenters. The van der Waals surface area contributed by atoms with Crippen molar-refractivity contribution >= 4 is 5.97 Å². The Kier molecular flexibility index (Phi) is 5.69. The van der Waals surface area contributed by atoms with Crippen molar-refractivity contribution in [3.8, 4) is 0 Å². The Labute approximate surface area is 92.6 Å². The van der Waals surface area contributed by atoms with Crippen LogP contribution in [0.15, 0.2) is 0 Å². The zero-order valence-electron chi connectivity index (χ0n) is 9.92. The van der Waals surface area contributed by atoms with Gasteiger partial charge in [0.05, 0.1) is 13.5 Å². The van der Waals surface area contributed by atoms with Crippen LogP contribution >= 0.6 is 0 Å². The summed E-state index contributed by atoms with van der Waals surface area (Å²) in [5, 5.41) is 3.26. The van der Waals surface area contributed by atoms with Crippen LogP contribution in [0.2, 0.25) is 0 Å². The molecule has 0 amide bonds. The van der Waals surface area contributed by atoms with E-state index >= 15 is 0 Å². The fourth-order valence-corrected chi connectivity index (χ4v) is 2.48. The molecule has 1 fully saturated rings. The first kappa shape index (κ1) is 12.5. The Hall–Kier alpha value is -0.570. The summed E-state index contributed by atoms with van der Waals surface area (Å²) >= 11 is 0. The molecule has 1 N–H and O–H groups in total. The van der Waals surface area contributed by atoms with E-state index < -0.39 is 0 Å².